The molecule has 0 fully saturated rings. The van der Waals surface area contributed by atoms with Crippen molar-refractivity contribution >= 4 is 16.9 Å². The van der Waals surface area contributed by atoms with E-state index in [9.17, 15) is 0 Å². The zero-order valence-corrected chi connectivity index (χ0v) is 15.6. The fraction of sp³-hybridized carbons (Fsp3) is 0.0909. The molecule has 25 heavy (non-hydrogen) atoms. The number of para-hydroxylation sites is 2. The summed E-state index contributed by atoms with van der Waals surface area (Å²) < 4.78 is 6.14. The summed E-state index contributed by atoms with van der Waals surface area (Å²) in [6.45, 7) is 2.03. The van der Waals surface area contributed by atoms with Crippen molar-refractivity contribution in [1.82, 2.24) is 0 Å². The van der Waals surface area contributed by atoms with E-state index in [4.69, 9.17) is 4.74 Å². The number of allylic oxidation sites excluding steroid dienone is 1. The van der Waals surface area contributed by atoms with Crippen LogP contribution in [-0.4, -0.2) is 7.05 Å². The third-order valence-corrected chi connectivity index (χ3v) is 4.38. The van der Waals surface area contributed by atoms with E-state index in [-0.39, 0.29) is 18.6 Å². The van der Waals surface area contributed by atoms with Crippen LogP contribution in [0.25, 0.3) is 5.57 Å². The Kier molecular flexibility index (Phi) is 5.03. The molecule has 0 spiro atoms. The Morgan fingerprint density at radius 2 is 1.36 bits per heavy atom. The van der Waals surface area contributed by atoms with Crippen LogP contribution in [0.5, 0.6) is 5.75 Å². The Hall–Kier alpha value is -2.42. The van der Waals surface area contributed by atoms with E-state index in [1.165, 1.54) is 22.5 Å². The molecule has 0 atom stereocenters. The fourth-order valence-electron chi connectivity index (χ4n) is 3.28. The van der Waals surface area contributed by atoms with Gasteiger partial charge in [-0.1, -0.05) is 36.4 Å². The molecule has 1 aliphatic heterocycles. The summed E-state index contributed by atoms with van der Waals surface area (Å²) in [7, 11) is 2.11. The van der Waals surface area contributed by atoms with Crippen molar-refractivity contribution in [2.24, 2.45) is 0 Å². The van der Waals surface area contributed by atoms with Gasteiger partial charge >= 0.3 is 0 Å². The number of nitrogens with zero attached hydrogens (tertiary/aromatic N) is 1. The van der Waals surface area contributed by atoms with Gasteiger partial charge in [0.2, 0.25) is 0 Å². The van der Waals surface area contributed by atoms with Crippen molar-refractivity contribution in [2.75, 3.05) is 11.9 Å². The molecule has 0 aromatic heterocycles. The molecule has 3 aromatic carbocycles. The Balaban J connectivity index is 0.00000182. The van der Waals surface area contributed by atoms with E-state index in [1.807, 2.05) is 31.2 Å². The van der Waals surface area contributed by atoms with Gasteiger partial charge in [0.05, 0.1) is 0 Å². The van der Waals surface area contributed by atoms with Crippen molar-refractivity contribution in [2.45, 2.75) is 6.92 Å². The Bertz CT molecular complexity index is 869. The van der Waals surface area contributed by atoms with Crippen molar-refractivity contribution in [3.8, 4) is 5.75 Å². The van der Waals surface area contributed by atoms with Crippen LogP contribution in [0.2, 0.25) is 0 Å². The van der Waals surface area contributed by atoms with Crippen LogP contribution in [0.4, 0.5) is 11.4 Å². The molecule has 0 N–H and O–H groups in total. The molecule has 0 saturated carbocycles. The zero-order chi connectivity index (χ0) is 16.5. The molecular formula is C22H18NOV-. The monoisotopic (exact) mass is 363 g/mol. The second-order valence-corrected chi connectivity index (χ2v) is 5.86. The van der Waals surface area contributed by atoms with E-state index in [1.54, 1.807) is 0 Å². The van der Waals surface area contributed by atoms with E-state index in [0.29, 0.717) is 0 Å². The minimum absolute atomic E-state index is 0. The summed E-state index contributed by atoms with van der Waals surface area (Å²) in [5, 5.41) is 0. The third-order valence-electron chi connectivity index (χ3n) is 4.38. The van der Waals surface area contributed by atoms with Gasteiger partial charge in [0.1, 0.15) is 5.76 Å². The van der Waals surface area contributed by atoms with Crippen LogP contribution < -0.4 is 9.64 Å². The minimum Gasteiger partial charge on any atom is -0.487 e. The number of fused-ring (bicyclic) bond motifs is 2. The molecule has 0 aliphatic carbocycles. The predicted octanol–water partition coefficient (Wildman–Crippen LogP) is 5.42. The Morgan fingerprint density at radius 1 is 0.840 bits per heavy atom. The van der Waals surface area contributed by atoms with E-state index in [0.717, 1.165) is 17.1 Å². The normalized spacial score (nSPS) is 11.9. The largest absolute Gasteiger partial charge is 0.487 e. The summed E-state index contributed by atoms with van der Waals surface area (Å²) in [5.41, 5.74) is 5.91. The van der Waals surface area contributed by atoms with Crippen molar-refractivity contribution in [3.05, 3.63) is 95.7 Å². The minimum atomic E-state index is 0. The van der Waals surface area contributed by atoms with Gasteiger partial charge in [-0.3, -0.25) is 0 Å². The van der Waals surface area contributed by atoms with Crippen LogP contribution in [0, 0.1) is 6.07 Å². The average molecular weight is 363 g/mol. The van der Waals surface area contributed by atoms with Crippen molar-refractivity contribution < 1.29 is 23.3 Å². The second kappa shape index (κ2) is 7.22. The SMILES string of the molecule is CC(Oc1cc[c-]cc1)=C1c2ccccc2N(C)c2ccccc21.[V]. The molecule has 0 amide bonds. The number of anilines is 2. The van der Waals surface area contributed by atoms with Crippen LogP contribution >= 0.6 is 0 Å². The quantitative estimate of drug-likeness (QED) is 0.445. The summed E-state index contributed by atoms with van der Waals surface area (Å²) in [6.07, 6.45) is 0. The smallest absolute Gasteiger partial charge is 0.106 e. The molecule has 0 saturated heterocycles. The number of benzene rings is 3. The van der Waals surface area contributed by atoms with Gasteiger partial charge in [-0.25, -0.2) is 0 Å². The third kappa shape index (κ3) is 3.11. The first-order valence-corrected chi connectivity index (χ1v) is 8.03. The first-order valence-electron chi connectivity index (χ1n) is 8.03. The van der Waals surface area contributed by atoms with Gasteiger partial charge in [0.25, 0.3) is 0 Å². The molecular weight excluding hydrogens is 345 g/mol. The van der Waals surface area contributed by atoms with Crippen LogP contribution in [-0.2, 0) is 18.6 Å². The first-order chi connectivity index (χ1) is 11.8. The van der Waals surface area contributed by atoms with E-state index >= 15 is 0 Å². The van der Waals surface area contributed by atoms with Gasteiger partial charge in [0.15, 0.2) is 0 Å². The standard InChI is InChI=1S/C22H18NO.V/c1-16(24-17-10-4-3-5-11-17)22-18-12-6-8-14-20(18)23(2)21-15-9-7-13-19(21)22;/h4-15H,1-2H3;/q-1;. The maximum atomic E-state index is 6.14. The maximum Gasteiger partial charge on any atom is 0.106 e. The van der Waals surface area contributed by atoms with E-state index < -0.39 is 0 Å². The summed E-state index contributed by atoms with van der Waals surface area (Å²) in [4.78, 5) is 2.24. The van der Waals surface area contributed by atoms with Gasteiger partial charge in [-0.05, 0) is 19.1 Å². The van der Waals surface area contributed by atoms with E-state index in [2.05, 4.69) is 66.5 Å². The topological polar surface area (TPSA) is 12.5 Å². The molecule has 1 radical (unpaired) electrons. The number of hydrogen-bond acceptors (Lipinski definition) is 2. The van der Waals surface area contributed by atoms with Gasteiger partial charge in [-0.15, -0.1) is 12.1 Å². The molecule has 123 valence electrons. The van der Waals surface area contributed by atoms with Crippen molar-refractivity contribution in [1.29, 1.82) is 0 Å². The number of ether oxygens (including phenoxy) is 1. The average Bonchev–Trinajstić information content (AvgIpc) is 2.63. The van der Waals surface area contributed by atoms with Gasteiger partial charge < -0.3 is 9.64 Å². The molecule has 3 heteroatoms. The summed E-state index contributed by atoms with van der Waals surface area (Å²) >= 11 is 0. The zero-order valence-electron chi connectivity index (χ0n) is 14.2. The van der Waals surface area contributed by atoms with Crippen LogP contribution in [0.1, 0.15) is 18.1 Å². The Morgan fingerprint density at radius 3 is 1.92 bits per heavy atom. The molecule has 3 aromatic rings. The van der Waals surface area contributed by atoms with Crippen LogP contribution in [0.3, 0.4) is 0 Å². The molecule has 4 rings (SSSR count). The molecule has 2 nitrogen and oxygen atoms in total. The van der Waals surface area contributed by atoms with Crippen LogP contribution in [0.15, 0.2) is 78.6 Å². The number of rotatable bonds is 2. The summed E-state index contributed by atoms with van der Waals surface area (Å²) in [5.74, 6) is 1.72. The number of hydrogen-bond donors (Lipinski definition) is 0. The predicted molar refractivity (Wildman–Crippen MR) is 98.5 cm³/mol. The maximum absolute atomic E-state index is 6.14. The van der Waals surface area contributed by atoms with Gasteiger partial charge in [-0.2, -0.15) is 18.2 Å². The fourth-order valence-corrected chi connectivity index (χ4v) is 3.28. The summed E-state index contributed by atoms with van der Waals surface area (Å²) in [6, 6.07) is 27.5. The molecule has 0 bridgehead atoms. The molecule has 1 aliphatic rings. The first kappa shape index (κ1) is 17.4. The second-order valence-electron chi connectivity index (χ2n) is 5.86. The van der Waals surface area contributed by atoms with Gasteiger partial charge in [0, 0.05) is 59.4 Å². The molecule has 1 heterocycles. The molecule has 0 unspecified atom stereocenters. The Labute approximate surface area is 160 Å². The van der Waals surface area contributed by atoms with Crippen molar-refractivity contribution in [3.63, 3.8) is 0 Å².